The number of anilines is 1. The number of carbonyl (C=O) groups excluding carboxylic acids is 1. The summed E-state index contributed by atoms with van der Waals surface area (Å²) in [4.78, 5) is 37.2. The largest absolute Gasteiger partial charge is 0.385 e. The summed E-state index contributed by atoms with van der Waals surface area (Å²) in [7, 11) is 1.62. The molecular weight excluding hydrogens is 472 g/mol. The van der Waals surface area contributed by atoms with Crippen molar-refractivity contribution in [1.82, 2.24) is 23.8 Å². The van der Waals surface area contributed by atoms with Crippen LogP contribution in [0.5, 0.6) is 0 Å². The Morgan fingerprint density at radius 3 is 2.85 bits per heavy atom. The van der Waals surface area contributed by atoms with Crippen LogP contribution in [0.4, 0.5) is 5.82 Å². The van der Waals surface area contributed by atoms with E-state index in [9.17, 15) is 9.59 Å². The van der Waals surface area contributed by atoms with E-state index in [0.717, 1.165) is 18.5 Å². The maximum Gasteiger partial charge on any atom is 0.267 e. The fourth-order valence-electron chi connectivity index (χ4n) is 3.65. The molecule has 0 atom stereocenters. The minimum Gasteiger partial charge on any atom is -0.385 e. The molecule has 0 spiro atoms. The first kappa shape index (κ1) is 24.1. The molecule has 0 unspecified atom stereocenters. The van der Waals surface area contributed by atoms with Crippen molar-refractivity contribution in [2.24, 2.45) is 0 Å². The summed E-state index contributed by atoms with van der Waals surface area (Å²) in [6.45, 7) is 4.32. The average molecular weight is 499 g/mol. The second kappa shape index (κ2) is 10.9. The lowest BCUT2D eigenvalue weighted by atomic mass is 10.2. The third kappa shape index (κ3) is 5.21. The monoisotopic (exact) mass is 498 g/mol. The van der Waals surface area contributed by atoms with Crippen molar-refractivity contribution in [2.75, 3.05) is 32.1 Å². The molecule has 0 bridgehead atoms. The van der Waals surface area contributed by atoms with Crippen LogP contribution in [0.25, 0.3) is 11.7 Å². The molecule has 11 heteroatoms. The van der Waals surface area contributed by atoms with E-state index < -0.39 is 0 Å². The summed E-state index contributed by atoms with van der Waals surface area (Å²) in [5, 5.41) is 3.30. The fourth-order valence-corrected chi connectivity index (χ4v) is 4.95. The third-order valence-corrected chi connectivity index (χ3v) is 6.79. The molecule has 0 aromatic carbocycles. The van der Waals surface area contributed by atoms with Gasteiger partial charge in [0.05, 0.1) is 16.8 Å². The van der Waals surface area contributed by atoms with Crippen molar-refractivity contribution >= 4 is 51.7 Å². The first-order valence-electron chi connectivity index (χ1n) is 11.0. The Balaban J connectivity index is 1.64. The highest BCUT2D eigenvalue weighted by molar-refractivity contribution is 8.26. The molecule has 1 amide bonds. The number of thiocarbonyl (C=S) groups is 1. The summed E-state index contributed by atoms with van der Waals surface area (Å²) < 4.78 is 9.06. The van der Waals surface area contributed by atoms with Crippen LogP contribution in [0.15, 0.2) is 46.8 Å². The summed E-state index contributed by atoms with van der Waals surface area (Å²) in [6, 6.07) is 3.72. The Hall–Kier alpha value is -3.02. The van der Waals surface area contributed by atoms with Crippen LogP contribution in [-0.2, 0) is 16.1 Å². The number of imidazole rings is 1. The van der Waals surface area contributed by atoms with E-state index in [-0.39, 0.29) is 11.5 Å². The van der Waals surface area contributed by atoms with Gasteiger partial charge in [-0.1, -0.05) is 30.0 Å². The van der Waals surface area contributed by atoms with Crippen LogP contribution in [0.3, 0.4) is 0 Å². The van der Waals surface area contributed by atoms with E-state index in [4.69, 9.17) is 21.9 Å². The molecule has 34 heavy (non-hydrogen) atoms. The average Bonchev–Trinajstić information content (AvgIpc) is 3.43. The highest BCUT2D eigenvalue weighted by Gasteiger charge is 2.32. The van der Waals surface area contributed by atoms with Crippen molar-refractivity contribution in [3.8, 4) is 0 Å². The third-order valence-electron chi connectivity index (χ3n) is 5.41. The minimum absolute atomic E-state index is 0.203. The number of pyridine rings is 1. The highest BCUT2D eigenvalue weighted by atomic mass is 32.2. The van der Waals surface area contributed by atoms with Crippen molar-refractivity contribution in [3.05, 3.63) is 63.4 Å². The van der Waals surface area contributed by atoms with Gasteiger partial charge >= 0.3 is 0 Å². The zero-order chi connectivity index (χ0) is 24.1. The molecule has 0 radical (unpaired) electrons. The molecule has 3 aromatic heterocycles. The van der Waals surface area contributed by atoms with Gasteiger partial charge in [0, 0.05) is 51.9 Å². The van der Waals surface area contributed by atoms with E-state index >= 15 is 0 Å². The van der Waals surface area contributed by atoms with Gasteiger partial charge in [-0.3, -0.25) is 18.9 Å². The van der Waals surface area contributed by atoms with Crippen molar-refractivity contribution in [2.45, 2.75) is 26.3 Å². The molecule has 1 N–H and O–H groups in total. The zero-order valence-corrected chi connectivity index (χ0v) is 20.7. The van der Waals surface area contributed by atoms with Gasteiger partial charge in [-0.05, 0) is 37.5 Å². The van der Waals surface area contributed by atoms with Crippen LogP contribution in [0, 0.1) is 6.92 Å². The number of aryl methyl sites for hydroxylation is 2. The van der Waals surface area contributed by atoms with Gasteiger partial charge in [0.15, 0.2) is 0 Å². The first-order valence-corrected chi connectivity index (χ1v) is 12.2. The van der Waals surface area contributed by atoms with E-state index in [0.29, 0.717) is 52.4 Å². The number of thioether (sulfide) groups is 1. The molecule has 4 rings (SSSR count). The maximum absolute atomic E-state index is 13.4. The highest BCUT2D eigenvalue weighted by Crippen LogP contribution is 2.33. The quantitative estimate of drug-likeness (QED) is 0.259. The normalized spacial score (nSPS) is 15.1. The molecule has 178 valence electrons. The molecule has 0 aliphatic carbocycles. The number of amides is 1. The number of carbonyl (C=O) groups is 1. The van der Waals surface area contributed by atoms with Gasteiger partial charge < -0.3 is 14.6 Å². The number of hydrogen-bond donors (Lipinski definition) is 1. The molecule has 1 saturated heterocycles. The van der Waals surface area contributed by atoms with Crippen LogP contribution < -0.4 is 10.9 Å². The number of aromatic nitrogens is 4. The van der Waals surface area contributed by atoms with Gasteiger partial charge in [0.1, 0.15) is 15.8 Å². The number of ether oxygens (including phenoxy) is 1. The van der Waals surface area contributed by atoms with Crippen molar-refractivity contribution in [3.63, 3.8) is 0 Å². The van der Waals surface area contributed by atoms with Crippen LogP contribution >= 0.6 is 24.0 Å². The summed E-state index contributed by atoms with van der Waals surface area (Å²) in [5.74, 6) is 0.250. The zero-order valence-electron chi connectivity index (χ0n) is 19.1. The predicted molar refractivity (Wildman–Crippen MR) is 138 cm³/mol. The van der Waals surface area contributed by atoms with Gasteiger partial charge in [-0.25, -0.2) is 9.97 Å². The second-order valence-electron chi connectivity index (χ2n) is 7.82. The molecule has 0 saturated carbocycles. The lowest BCUT2D eigenvalue weighted by Gasteiger charge is -2.14. The summed E-state index contributed by atoms with van der Waals surface area (Å²) in [5.41, 5.74) is 1.56. The van der Waals surface area contributed by atoms with Crippen LogP contribution in [0.2, 0.25) is 0 Å². The van der Waals surface area contributed by atoms with Gasteiger partial charge in [0.25, 0.3) is 11.5 Å². The SMILES string of the molecule is COCCCN1C(=O)/C(=C\c2c(NCCCn3ccnc3)nc3c(C)cccn3c2=O)SC1=S. The van der Waals surface area contributed by atoms with Crippen molar-refractivity contribution in [1.29, 1.82) is 0 Å². The van der Waals surface area contributed by atoms with E-state index in [2.05, 4.69) is 10.3 Å². The molecule has 4 heterocycles. The first-order chi connectivity index (χ1) is 16.5. The van der Waals surface area contributed by atoms with Crippen LogP contribution in [0.1, 0.15) is 24.0 Å². The van der Waals surface area contributed by atoms with E-state index in [1.807, 2.05) is 29.8 Å². The fraction of sp³-hybridized carbons (Fsp3) is 0.348. The lowest BCUT2D eigenvalue weighted by Crippen LogP contribution is -2.29. The number of hydrogen-bond acceptors (Lipinski definition) is 8. The second-order valence-corrected chi connectivity index (χ2v) is 9.50. The van der Waals surface area contributed by atoms with Gasteiger partial charge in [-0.2, -0.15) is 0 Å². The number of rotatable bonds is 10. The summed E-state index contributed by atoms with van der Waals surface area (Å²) in [6.07, 6.45) is 10.2. The molecule has 1 fully saturated rings. The van der Waals surface area contributed by atoms with Crippen LogP contribution in [-0.4, -0.2) is 60.9 Å². The molecule has 9 nitrogen and oxygen atoms in total. The molecule has 1 aliphatic rings. The van der Waals surface area contributed by atoms with E-state index in [1.54, 1.807) is 36.8 Å². The number of nitrogens with zero attached hydrogens (tertiary/aromatic N) is 5. The standard InChI is InChI=1S/C23H26N6O3S2/c1-16-6-3-10-28-20(16)26-19(25-7-4-9-27-12-8-24-15-27)17(21(28)30)14-18-22(31)29(23(33)34-18)11-5-13-32-2/h3,6,8,10,12,14-15,25H,4-5,7,9,11,13H2,1-2H3/b18-14+. The number of methoxy groups -OCH3 is 1. The molecule has 3 aromatic rings. The smallest absolute Gasteiger partial charge is 0.267 e. The predicted octanol–water partition coefficient (Wildman–Crippen LogP) is 2.94. The Morgan fingerprint density at radius 2 is 2.09 bits per heavy atom. The lowest BCUT2D eigenvalue weighted by molar-refractivity contribution is -0.122. The maximum atomic E-state index is 13.4. The summed E-state index contributed by atoms with van der Waals surface area (Å²) >= 11 is 6.61. The number of nitrogens with one attached hydrogen (secondary N) is 1. The number of fused-ring (bicyclic) bond motifs is 1. The van der Waals surface area contributed by atoms with E-state index in [1.165, 1.54) is 16.2 Å². The Kier molecular flexibility index (Phi) is 7.76. The Morgan fingerprint density at radius 1 is 1.24 bits per heavy atom. The molecular formula is C23H26N6O3S2. The van der Waals surface area contributed by atoms with Crippen molar-refractivity contribution < 1.29 is 9.53 Å². The van der Waals surface area contributed by atoms with Gasteiger partial charge in [-0.15, -0.1) is 0 Å². The molecule has 1 aliphatic heterocycles. The topological polar surface area (TPSA) is 93.8 Å². The Labute approximate surface area is 206 Å². The van der Waals surface area contributed by atoms with Gasteiger partial charge in [0.2, 0.25) is 0 Å². The minimum atomic E-state index is -0.240. The Bertz CT molecular complexity index is 1290.